The van der Waals surface area contributed by atoms with Gasteiger partial charge in [-0.1, -0.05) is 30.3 Å². The van der Waals surface area contributed by atoms with Crippen LogP contribution in [0.3, 0.4) is 0 Å². The van der Waals surface area contributed by atoms with Gasteiger partial charge in [0.2, 0.25) is 5.91 Å². The molecule has 6 nitrogen and oxygen atoms in total. The van der Waals surface area contributed by atoms with Gasteiger partial charge < -0.3 is 14.5 Å². The molecule has 6 heteroatoms. The molecule has 0 bridgehead atoms. The molecule has 2 aromatic carbocycles. The normalized spacial score (nSPS) is 10.7. The maximum absolute atomic E-state index is 12.0. The summed E-state index contributed by atoms with van der Waals surface area (Å²) in [5.74, 6) is 0.0439. The van der Waals surface area contributed by atoms with E-state index in [1.165, 1.54) is 4.57 Å². The number of hydrogen-bond donors (Lipinski definition) is 1. The Morgan fingerprint density at radius 2 is 1.83 bits per heavy atom. The average Bonchev–Trinajstić information content (AvgIpc) is 2.91. The van der Waals surface area contributed by atoms with Gasteiger partial charge in [0.25, 0.3) is 0 Å². The first-order chi connectivity index (χ1) is 11.7. The van der Waals surface area contributed by atoms with Crippen LogP contribution in [0.5, 0.6) is 5.75 Å². The van der Waals surface area contributed by atoms with Crippen molar-refractivity contribution in [3.8, 4) is 5.75 Å². The van der Waals surface area contributed by atoms with Crippen molar-refractivity contribution in [3.05, 3.63) is 65.1 Å². The highest BCUT2D eigenvalue weighted by molar-refractivity contribution is 5.79. The van der Waals surface area contributed by atoms with E-state index < -0.39 is 5.76 Å². The molecule has 0 aliphatic rings. The number of ether oxygens (including phenoxy) is 1. The lowest BCUT2D eigenvalue weighted by molar-refractivity contribution is -0.121. The Bertz CT molecular complexity index is 867. The minimum Gasteiger partial charge on any atom is -0.494 e. The standard InChI is InChI=1S/C18H18N2O4/c21-17(19-11-6-12-23-14-7-2-1-3-8-14)13-20-15-9-4-5-10-16(15)24-18(20)22/h1-5,7-10H,6,11-13H2,(H,19,21). The topological polar surface area (TPSA) is 73.5 Å². The fraction of sp³-hybridized carbons (Fsp3) is 0.222. The van der Waals surface area contributed by atoms with E-state index in [9.17, 15) is 9.59 Å². The van der Waals surface area contributed by atoms with Crippen molar-refractivity contribution < 1.29 is 13.9 Å². The lowest BCUT2D eigenvalue weighted by atomic mass is 10.3. The summed E-state index contributed by atoms with van der Waals surface area (Å²) < 4.78 is 12.0. The Balaban J connectivity index is 1.46. The third-order valence-electron chi connectivity index (χ3n) is 3.53. The van der Waals surface area contributed by atoms with Gasteiger partial charge in [0, 0.05) is 6.54 Å². The molecule has 1 heterocycles. The van der Waals surface area contributed by atoms with Crippen LogP contribution in [0, 0.1) is 0 Å². The number of para-hydroxylation sites is 3. The number of amides is 1. The van der Waals surface area contributed by atoms with Crippen molar-refractivity contribution in [2.45, 2.75) is 13.0 Å². The van der Waals surface area contributed by atoms with Crippen molar-refractivity contribution in [2.75, 3.05) is 13.2 Å². The molecule has 1 amide bonds. The fourth-order valence-electron chi connectivity index (χ4n) is 2.37. The second kappa shape index (κ2) is 7.50. The minimum atomic E-state index is -0.529. The molecule has 3 aromatic rings. The van der Waals surface area contributed by atoms with Crippen molar-refractivity contribution in [1.29, 1.82) is 0 Å². The number of carbonyl (C=O) groups excluding carboxylic acids is 1. The van der Waals surface area contributed by atoms with Crippen molar-refractivity contribution in [1.82, 2.24) is 9.88 Å². The first-order valence-corrected chi connectivity index (χ1v) is 7.77. The molecule has 0 saturated heterocycles. The van der Waals surface area contributed by atoms with E-state index in [2.05, 4.69) is 5.32 Å². The molecule has 0 unspecified atom stereocenters. The van der Waals surface area contributed by atoms with Crippen LogP contribution in [0.1, 0.15) is 6.42 Å². The summed E-state index contributed by atoms with van der Waals surface area (Å²) in [5, 5.41) is 2.78. The van der Waals surface area contributed by atoms with Crippen molar-refractivity contribution >= 4 is 17.0 Å². The number of benzene rings is 2. The van der Waals surface area contributed by atoms with Gasteiger partial charge in [0.15, 0.2) is 5.58 Å². The summed E-state index contributed by atoms with van der Waals surface area (Å²) in [5.41, 5.74) is 1.09. The van der Waals surface area contributed by atoms with Crippen LogP contribution in [0.4, 0.5) is 0 Å². The molecular formula is C18H18N2O4. The van der Waals surface area contributed by atoms with Crippen LogP contribution >= 0.6 is 0 Å². The molecule has 0 aliphatic heterocycles. The zero-order valence-electron chi connectivity index (χ0n) is 13.1. The Morgan fingerprint density at radius 1 is 1.08 bits per heavy atom. The third-order valence-corrected chi connectivity index (χ3v) is 3.53. The van der Waals surface area contributed by atoms with Gasteiger partial charge >= 0.3 is 5.76 Å². The monoisotopic (exact) mass is 326 g/mol. The van der Waals surface area contributed by atoms with Crippen LogP contribution in [-0.2, 0) is 11.3 Å². The number of oxazole rings is 1. The number of carbonyl (C=O) groups is 1. The highest BCUT2D eigenvalue weighted by atomic mass is 16.5. The molecule has 0 saturated carbocycles. The van der Waals surface area contributed by atoms with E-state index in [-0.39, 0.29) is 12.5 Å². The summed E-state index contributed by atoms with van der Waals surface area (Å²) in [6, 6.07) is 16.5. The van der Waals surface area contributed by atoms with Crippen LogP contribution in [-0.4, -0.2) is 23.6 Å². The number of nitrogens with one attached hydrogen (secondary N) is 1. The largest absolute Gasteiger partial charge is 0.494 e. The zero-order chi connectivity index (χ0) is 16.8. The van der Waals surface area contributed by atoms with E-state index in [1.807, 2.05) is 30.3 Å². The minimum absolute atomic E-state index is 0.0601. The Labute approximate surface area is 138 Å². The summed E-state index contributed by atoms with van der Waals surface area (Å²) in [4.78, 5) is 23.8. The predicted molar refractivity (Wildman–Crippen MR) is 90.0 cm³/mol. The van der Waals surface area contributed by atoms with E-state index in [4.69, 9.17) is 9.15 Å². The van der Waals surface area contributed by atoms with Gasteiger partial charge in [0.05, 0.1) is 12.1 Å². The number of fused-ring (bicyclic) bond motifs is 1. The number of nitrogens with zero attached hydrogens (tertiary/aromatic N) is 1. The first kappa shape index (κ1) is 15.9. The zero-order valence-corrected chi connectivity index (χ0v) is 13.1. The van der Waals surface area contributed by atoms with E-state index in [1.54, 1.807) is 24.3 Å². The van der Waals surface area contributed by atoms with E-state index in [0.717, 1.165) is 5.75 Å². The molecule has 0 fully saturated rings. The van der Waals surface area contributed by atoms with Gasteiger partial charge in [-0.3, -0.25) is 9.36 Å². The van der Waals surface area contributed by atoms with Crippen LogP contribution in [0.15, 0.2) is 63.8 Å². The van der Waals surface area contributed by atoms with Crippen LogP contribution in [0.25, 0.3) is 11.1 Å². The van der Waals surface area contributed by atoms with Gasteiger partial charge in [-0.25, -0.2) is 4.79 Å². The molecule has 124 valence electrons. The van der Waals surface area contributed by atoms with Gasteiger partial charge in [-0.05, 0) is 30.7 Å². The van der Waals surface area contributed by atoms with Crippen LogP contribution < -0.4 is 15.8 Å². The van der Waals surface area contributed by atoms with Gasteiger partial charge in [-0.15, -0.1) is 0 Å². The smallest absolute Gasteiger partial charge is 0.420 e. The maximum atomic E-state index is 12.0. The van der Waals surface area contributed by atoms with Gasteiger partial charge in [0.1, 0.15) is 12.3 Å². The molecule has 3 rings (SSSR count). The second-order valence-corrected chi connectivity index (χ2v) is 5.29. The van der Waals surface area contributed by atoms with E-state index in [0.29, 0.717) is 30.7 Å². The number of rotatable bonds is 7. The van der Waals surface area contributed by atoms with Gasteiger partial charge in [-0.2, -0.15) is 0 Å². The SMILES string of the molecule is O=C(Cn1c(=O)oc2ccccc21)NCCCOc1ccccc1. The summed E-state index contributed by atoms with van der Waals surface area (Å²) in [7, 11) is 0. The Hall–Kier alpha value is -3.02. The highest BCUT2D eigenvalue weighted by Crippen LogP contribution is 2.11. The first-order valence-electron chi connectivity index (χ1n) is 7.77. The molecule has 1 N–H and O–H groups in total. The fourth-order valence-corrected chi connectivity index (χ4v) is 2.37. The molecule has 0 spiro atoms. The summed E-state index contributed by atoms with van der Waals surface area (Å²) in [6.07, 6.45) is 0.682. The number of hydrogen-bond acceptors (Lipinski definition) is 4. The summed E-state index contributed by atoms with van der Waals surface area (Å²) >= 11 is 0. The lowest BCUT2D eigenvalue weighted by Crippen LogP contribution is -2.31. The lowest BCUT2D eigenvalue weighted by Gasteiger charge is -2.07. The molecule has 0 radical (unpaired) electrons. The van der Waals surface area contributed by atoms with Crippen LogP contribution in [0.2, 0.25) is 0 Å². The molecule has 24 heavy (non-hydrogen) atoms. The third kappa shape index (κ3) is 3.84. The van der Waals surface area contributed by atoms with E-state index >= 15 is 0 Å². The quantitative estimate of drug-likeness (QED) is 0.675. The van der Waals surface area contributed by atoms with Crippen molar-refractivity contribution in [3.63, 3.8) is 0 Å². The predicted octanol–water partition coefficient (Wildman–Crippen LogP) is 2.18. The molecule has 1 aromatic heterocycles. The average molecular weight is 326 g/mol. The molecule has 0 aliphatic carbocycles. The second-order valence-electron chi connectivity index (χ2n) is 5.29. The number of aromatic nitrogens is 1. The van der Waals surface area contributed by atoms with Crippen molar-refractivity contribution in [2.24, 2.45) is 0 Å². The molecular weight excluding hydrogens is 308 g/mol. The Morgan fingerprint density at radius 3 is 2.67 bits per heavy atom. The molecule has 0 atom stereocenters. The summed E-state index contributed by atoms with van der Waals surface area (Å²) in [6.45, 7) is 0.935. The maximum Gasteiger partial charge on any atom is 0.420 e. The highest BCUT2D eigenvalue weighted by Gasteiger charge is 2.11. The Kier molecular flexibility index (Phi) is 4.96.